The summed E-state index contributed by atoms with van der Waals surface area (Å²) in [6.07, 6.45) is -3.92. The van der Waals surface area contributed by atoms with Crippen molar-refractivity contribution in [2.24, 2.45) is 5.73 Å². The van der Waals surface area contributed by atoms with Crippen LogP contribution in [0.25, 0.3) is 0 Å². The Bertz CT molecular complexity index is 590. The molecule has 1 heterocycles. The van der Waals surface area contributed by atoms with Gasteiger partial charge in [0.2, 0.25) is 10.0 Å². The summed E-state index contributed by atoms with van der Waals surface area (Å²) in [5.74, 6) is 0. The van der Waals surface area contributed by atoms with Crippen LogP contribution in [0, 0.1) is 0 Å². The van der Waals surface area contributed by atoms with Gasteiger partial charge in [0.25, 0.3) is 0 Å². The summed E-state index contributed by atoms with van der Waals surface area (Å²) in [5, 5.41) is 0. The lowest BCUT2D eigenvalue weighted by atomic mass is 10.1. The predicted molar refractivity (Wildman–Crippen MR) is 79.4 cm³/mol. The Morgan fingerprint density at radius 1 is 1.23 bits per heavy atom. The SMILES string of the molecule is Cl.NCC1CCCN1S(=O)(=O)c1ccc(CC(F)(F)F)cc1. The van der Waals surface area contributed by atoms with E-state index in [-0.39, 0.29) is 35.5 Å². The third kappa shape index (κ3) is 4.34. The molecule has 9 heteroatoms. The van der Waals surface area contributed by atoms with E-state index in [1.807, 2.05) is 0 Å². The number of alkyl halides is 3. The van der Waals surface area contributed by atoms with E-state index in [9.17, 15) is 21.6 Å². The van der Waals surface area contributed by atoms with Crippen LogP contribution in [0.4, 0.5) is 13.2 Å². The van der Waals surface area contributed by atoms with Crippen LogP contribution >= 0.6 is 12.4 Å². The van der Waals surface area contributed by atoms with E-state index in [2.05, 4.69) is 0 Å². The summed E-state index contributed by atoms with van der Waals surface area (Å²) < 4.78 is 63.1. The average Bonchev–Trinajstić information content (AvgIpc) is 2.86. The van der Waals surface area contributed by atoms with Crippen LogP contribution in [-0.4, -0.2) is 38.0 Å². The molecule has 1 unspecified atom stereocenters. The zero-order chi connectivity index (χ0) is 15.7. The summed E-state index contributed by atoms with van der Waals surface area (Å²) in [6.45, 7) is 0.639. The third-order valence-electron chi connectivity index (χ3n) is 3.53. The summed E-state index contributed by atoms with van der Waals surface area (Å²) in [6, 6.07) is 4.62. The molecule has 0 spiro atoms. The second-order valence-corrected chi connectivity index (χ2v) is 6.97. The Morgan fingerprint density at radius 2 is 1.82 bits per heavy atom. The Labute approximate surface area is 133 Å². The number of halogens is 4. The molecule has 0 aromatic heterocycles. The molecule has 0 saturated carbocycles. The Morgan fingerprint density at radius 3 is 2.32 bits per heavy atom. The van der Waals surface area contributed by atoms with Crippen molar-refractivity contribution in [2.45, 2.75) is 36.4 Å². The van der Waals surface area contributed by atoms with Crippen molar-refractivity contribution >= 4 is 22.4 Å². The zero-order valence-corrected chi connectivity index (χ0v) is 13.3. The van der Waals surface area contributed by atoms with Gasteiger partial charge in [0.05, 0.1) is 11.3 Å². The normalized spacial score (nSPS) is 19.9. The van der Waals surface area contributed by atoms with E-state index in [1.54, 1.807) is 0 Å². The highest BCUT2D eigenvalue weighted by atomic mass is 35.5. The molecule has 2 rings (SSSR count). The van der Waals surface area contributed by atoms with Gasteiger partial charge in [-0.05, 0) is 30.5 Å². The Hall–Kier alpha value is -0.830. The highest BCUT2D eigenvalue weighted by molar-refractivity contribution is 7.89. The van der Waals surface area contributed by atoms with Gasteiger partial charge in [-0.15, -0.1) is 12.4 Å². The first-order valence-corrected chi connectivity index (χ1v) is 8.05. The third-order valence-corrected chi connectivity index (χ3v) is 5.50. The first-order chi connectivity index (χ1) is 9.74. The highest BCUT2D eigenvalue weighted by Gasteiger charge is 2.34. The summed E-state index contributed by atoms with van der Waals surface area (Å²) >= 11 is 0. The van der Waals surface area contributed by atoms with Crippen molar-refractivity contribution in [2.75, 3.05) is 13.1 Å². The summed E-state index contributed by atoms with van der Waals surface area (Å²) in [5.41, 5.74) is 5.60. The number of hydrogen-bond acceptors (Lipinski definition) is 3. The number of nitrogens with two attached hydrogens (primary N) is 1. The van der Waals surface area contributed by atoms with Gasteiger partial charge in [0, 0.05) is 19.1 Å². The molecule has 1 saturated heterocycles. The molecular formula is C13H18ClF3N2O2S. The molecule has 1 fully saturated rings. The van der Waals surface area contributed by atoms with Crippen molar-refractivity contribution in [3.8, 4) is 0 Å². The highest BCUT2D eigenvalue weighted by Crippen LogP contribution is 2.27. The van der Waals surface area contributed by atoms with Gasteiger partial charge in [-0.25, -0.2) is 8.42 Å². The van der Waals surface area contributed by atoms with E-state index in [0.29, 0.717) is 13.0 Å². The topological polar surface area (TPSA) is 63.4 Å². The number of benzene rings is 1. The molecule has 0 radical (unpaired) electrons. The zero-order valence-electron chi connectivity index (χ0n) is 11.7. The lowest BCUT2D eigenvalue weighted by Crippen LogP contribution is -2.39. The van der Waals surface area contributed by atoms with Crippen LogP contribution in [0.5, 0.6) is 0 Å². The summed E-state index contributed by atoms with van der Waals surface area (Å²) in [7, 11) is -3.69. The van der Waals surface area contributed by atoms with E-state index in [0.717, 1.165) is 6.42 Å². The molecular weight excluding hydrogens is 341 g/mol. The Kier molecular flexibility index (Phi) is 6.26. The van der Waals surface area contributed by atoms with E-state index in [1.165, 1.54) is 28.6 Å². The number of hydrogen-bond donors (Lipinski definition) is 1. The molecule has 1 atom stereocenters. The van der Waals surface area contributed by atoms with Crippen molar-refractivity contribution in [1.29, 1.82) is 0 Å². The maximum Gasteiger partial charge on any atom is 0.393 e. The van der Waals surface area contributed by atoms with Crippen LogP contribution in [0.3, 0.4) is 0 Å². The fourth-order valence-corrected chi connectivity index (χ4v) is 4.21. The van der Waals surface area contributed by atoms with Crippen molar-refractivity contribution in [1.82, 2.24) is 4.31 Å². The van der Waals surface area contributed by atoms with Gasteiger partial charge < -0.3 is 5.73 Å². The van der Waals surface area contributed by atoms with Gasteiger partial charge >= 0.3 is 6.18 Å². The quantitative estimate of drug-likeness (QED) is 0.898. The first kappa shape index (κ1) is 19.2. The maximum absolute atomic E-state index is 12.4. The van der Waals surface area contributed by atoms with E-state index < -0.39 is 22.6 Å². The van der Waals surface area contributed by atoms with Gasteiger partial charge in [0.15, 0.2) is 0 Å². The van der Waals surface area contributed by atoms with Crippen molar-refractivity contribution in [3.63, 3.8) is 0 Å². The molecule has 126 valence electrons. The van der Waals surface area contributed by atoms with Crippen LogP contribution in [0.2, 0.25) is 0 Å². The second-order valence-electron chi connectivity index (χ2n) is 5.08. The molecule has 1 aromatic carbocycles. The standard InChI is InChI=1S/C13H17F3N2O2S.ClH/c14-13(15,16)8-10-3-5-12(6-4-10)21(19,20)18-7-1-2-11(18)9-17;/h3-6,11H,1-2,7-9,17H2;1H. The van der Waals surface area contributed by atoms with Gasteiger partial charge in [-0.2, -0.15) is 17.5 Å². The van der Waals surface area contributed by atoms with Crippen LogP contribution in [0.1, 0.15) is 18.4 Å². The molecule has 1 aromatic rings. The molecule has 0 aliphatic carbocycles. The fourth-order valence-electron chi connectivity index (χ4n) is 2.51. The minimum absolute atomic E-state index is 0. The van der Waals surface area contributed by atoms with Crippen LogP contribution in [-0.2, 0) is 16.4 Å². The fraction of sp³-hybridized carbons (Fsp3) is 0.538. The monoisotopic (exact) mass is 358 g/mol. The molecule has 22 heavy (non-hydrogen) atoms. The molecule has 4 nitrogen and oxygen atoms in total. The molecule has 2 N–H and O–H groups in total. The van der Waals surface area contributed by atoms with Crippen molar-refractivity contribution < 1.29 is 21.6 Å². The smallest absolute Gasteiger partial charge is 0.329 e. The Balaban J connectivity index is 0.00000242. The van der Waals surface area contributed by atoms with Crippen LogP contribution in [0.15, 0.2) is 29.2 Å². The largest absolute Gasteiger partial charge is 0.393 e. The second kappa shape index (κ2) is 7.16. The average molecular weight is 359 g/mol. The van der Waals surface area contributed by atoms with Gasteiger partial charge in [-0.3, -0.25) is 0 Å². The minimum Gasteiger partial charge on any atom is -0.329 e. The maximum atomic E-state index is 12.4. The molecule has 1 aliphatic heterocycles. The number of sulfonamides is 1. The van der Waals surface area contributed by atoms with Gasteiger partial charge in [-0.1, -0.05) is 12.1 Å². The van der Waals surface area contributed by atoms with Crippen LogP contribution < -0.4 is 5.73 Å². The van der Waals surface area contributed by atoms with Crippen molar-refractivity contribution in [3.05, 3.63) is 29.8 Å². The first-order valence-electron chi connectivity index (χ1n) is 6.61. The van der Waals surface area contributed by atoms with Gasteiger partial charge in [0.1, 0.15) is 0 Å². The lowest BCUT2D eigenvalue weighted by molar-refractivity contribution is -0.127. The number of rotatable bonds is 4. The van der Waals surface area contributed by atoms with E-state index >= 15 is 0 Å². The minimum atomic E-state index is -4.31. The predicted octanol–water partition coefficient (Wildman–Crippen LogP) is 2.33. The summed E-state index contributed by atoms with van der Waals surface area (Å²) in [4.78, 5) is 0.00812. The lowest BCUT2D eigenvalue weighted by Gasteiger charge is -2.22. The molecule has 0 bridgehead atoms. The van der Waals surface area contributed by atoms with E-state index in [4.69, 9.17) is 5.73 Å². The molecule has 1 aliphatic rings. The molecule has 0 amide bonds. The number of nitrogens with zero attached hydrogens (tertiary/aromatic N) is 1.